The number of methoxy groups -OCH3 is 1. The van der Waals surface area contributed by atoms with Crippen LogP contribution in [0.5, 0.6) is 5.75 Å². The quantitative estimate of drug-likeness (QED) is 0.310. The van der Waals surface area contributed by atoms with Gasteiger partial charge in [0, 0.05) is 23.2 Å². The Morgan fingerprint density at radius 3 is 2.32 bits per heavy atom. The highest BCUT2D eigenvalue weighted by Crippen LogP contribution is 2.35. The number of carboxylic acids is 1. The number of ether oxygens (including phenoxy) is 1. The largest absolute Gasteiger partial charge is 0.497 e. The van der Waals surface area contributed by atoms with Gasteiger partial charge in [0.15, 0.2) is 5.78 Å². The zero-order valence-corrected chi connectivity index (χ0v) is 18.7. The van der Waals surface area contributed by atoms with E-state index in [9.17, 15) is 14.7 Å². The molecule has 1 fully saturated rings. The van der Waals surface area contributed by atoms with Crippen LogP contribution >= 0.6 is 0 Å². The highest BCUT2D eigenvalue weighted by atomic mass is 16.5. The maximum Gasteiger partial charge on any atom is 0.307 e. The van der Waals surface area contributed by atoms with Crippen molar-refractivity contribution in [2.45, 2.75) is 19.3 Å². The molecule has 0 aliphatic heterocycles. The van der Waals surface area contributed by atoms with Crippen LogP contribution in [0.1, 0.15) is 29.6 Å². The van der Waals surface area contributed by atoms with Gasteiger partial charge in [-0.05, 0) is 48.2 Å². The summed E-state index contributed by atoms with van der Waals surface area (Å²) in [6, 6.07) is 21.0. The van der Waals surface area contributed by atoms with E-state index in [0.29, 0.717) is 24.4 Å². The van der Waals surface area contributed by atoms with Crippen molar-refractivity contribution in [3.05, 3.63) is 72.3 Å². The van der Waals surface area contributed by atoms with Crippen molar-refractivity contribution in [2.24, 2.45) is 11.8 Å². The number of aliphatic carboxylic acids is 1. The van der Waals surface area contributed by atoms with Crippen LogP contribution in [0.4, 0.5) is 11.6 Å². The highest BCUT2D eigenvalue weighted by Gasteiger charge is 2.37. The van der Waals surface area contributed by atoms with Gasteiger partial charge in [-0.1, -0.05) is 42.8 Å². The molecule has 7 nitrogen and oxygen atoms in total. The fraction of sp³-hybridized carbons (Fsp3) is 0.222. The van der Waals surface area contributed by atoms with Crippen LogP contribution in [0.3, 0.4) is 0 Å². The van der Waals surface area contributed by atoms with E-state index in [2.05, 4.69) is 15.3 Å². The van der Waals surface area contributed by atoms with Crippen LogP contribution in [0.15, 0.2) is 66.7 Å². The molecule has 0 radical (unpaired) electrons. The Morgan fingerprint density at radius 1 is 0.971 bits per heavy atom. The third-order valence-electron chi connectivity index (χ3n) is 6.51. The second-order valence-corrected chi connectivity index (χ2v) is 8.59. The summed E-state index contributed by atoms with van der Waals surface area (Å²) >= 11 is 0. The summed E-state index contributed by atoms with van der Waals surface area (Å²) in [5.74, 6) is -0.521. The van der Waals surface area contributed by atoms with E-state index >= 15 is 0 Å². The van der Waals surface area contributed by atoms with Crippen molar-refractivity contribution in [3.63, 3.8) is 0 Å². The van der Waals surface area contributed by atoms with Crippen molar-refractivity contribution < 1.29 is 19.4 Å². The minimum Gasteiger partial charge on any atom is -0.497 e. The number of H-pyrrole nitrogens is 1. The molecule has 4 aromatic rings. The van der Waals surface area contributed by atoms with Gasteiger partial charge in [0.1, 0.15) is 5.75 Å². The first-order valence-electron chi connectivity index (χ1n) is 11.3. The maximum atomic E-state index is 12.8. The van der Waals surface area contributed by atoms with Gasteiger partial charge >= 0.3 is 5.97 Å². The molecule has 0 unspecified atom stereocenters. The highest BCUT2D eigenvalue weighted by molar-refractivity contribution is 6.00. The van der Waals surface area contributed by atoms with Gasteiger partial charge in [0.05, 0.1) is 24.1 Å². The molecule has 34 heavy (non-hydrogen) atoms. The van der Waals surface area contributed by atoms with Gasteiger partial charge in [0.25, 0.3) is 0 Å². The molecule has 1 aliphatic carbocycles. The summed E-state index contributed by atoms with van der Waals surface area (Å²) in [6.45, 7) is 0. The number of hydrogen-bond donors (Lipinski definition) is 3. The third kappa shape index (κ3) is 4.24. The number of imidazole rings is 1. The lowest BCUT2D eigenvalue weighted by Gasteiger charge is -2.14. The van der Waals surface area contributed by atoms with Crippen LogP contribution in [-0.2, 0) is 4.79 Å². The molecule has 1 saturated carbocycles. The number of rotatable bonds is 7. The Hall–Kier alpha value is -4.13. The minimum atomic E-state index is -0.872. The Kier molecular flexibility index (Phi) is 5.76. The van der Waals surface area contributed by atoms with Crippen LogP contribution < -0.4 is 10.1 Å². The van der Waals surface area contributed by atoms with E-state index in [1.54, 1.807) is 19.2 Å². The lowest BCUT2D eigenvalue weighted by molar-refractivity contribution is -0.142. The SMILES string of the molecule is COc1ccc2nc(Nc3ccc(-c4ccc(C(=O)[C@@H]5CCC[C@H]5C(=O)O)cc4)cc3)[nH]c2c1. The molecule has 0 saturated heterocycles. The van der Waals surface area contributed by atoms with Crippen molar-refractivity contribution in [1.29, 1.82) is 0 Å². The first kappa shape index (κ1) is 21.7. The zero-order valence-electron chi connectivity index (χ0n) is 18.7. The van der Waals surface area contributed by atoms with Crippen LogP contribution in [-0.4, -0.2) is 33.9 Å². The Labute approximate surface area is 196 Å². The van der Waals surface area contributed by atoms with E-state index in [-0.39, 0.29) is 5.78 Å². The van der Waals surface area contributed by atoms with E-state index in [0.717, 1.165) is 40.0 Å². The number of Topliss-reactive ketones (excluding diaryl/α,β-unsaturated/α-hetero) is 1. The smallest absolute Gasteiger partial charge is 0.307 e. The van der Waals surface area contributed by atoms with E-state index < -0.39 is 17.8 Å². The van der Waals surface area contributed by atoms with Gasteiger partial charge in [-0.3, -0.25) is 9.59 Å². The molecule has 3 N–H and O–H groups in total. The van der Waals surface area contributed by atoms with Crippen LogP contribution in [0.2, 0.25) is 0 Å². The average molecular weight is 456 g/mol. The molecule has 3 aromatic carbocycles. The molecule has 1 heterocycles. The molecular formula is C27H25N3O4. The second kappa shape index (κ2) is 9.02. The summed E-state index contributed by atoms with van der Waals surface area (Å²) in [4.78, 5) is 32.1. The number of anilines is 2. The lowest BCUT2D eigenvalue weighted by Crippen LogP contribution is -2.25. The summed E-state index contributed by atoms with van der Waals surface area (Å²) < 4.78 is 5.25. The number of hydrogen-bond acceptors (Lipinski definition) is 5. The zero-order chi connectivity index (χ0) is 23.7. The molecule has 7 heteroatoms. The average Bonchev–Trinajstić information content (AvgIpc) is 3.51. The molecule has 1 aromatic heterocycles. The standard InChI is InChI=1S/C27H25N3O4/c1-34-20-13-14-23-24(15-20)30-27(29-23)28-19-11-9-17(10-12-19)16-5-7-18(8-6-16)25(31)21-3-2-4-22(21)26(32)33/h5-15,21-22H,2-4H2,1H3,(H,32,33)(H2,28,29,30)/t21-,22-/m1/s1. The number of fused-ring (bicyclic) bond motifs is 1. The monoisotopic (exact) mass is 455 g/mol. The van der Waals surface area contributed by atoms with Crippen molar-refractivity contribution >= 4 is 34.4 Å². The Balaban J connectivity index is 1.28. The number of carboxylic acid groups (broad SMARTS) is 1. The van der Waals surface area contributed by atoms with Gasteiger partial charge < -0.3 is 20.1 Å². The summed E-state index contributed by atoms with van der Waals surface area (Å²) in [5, 5.41) is 12.7. The van der Waals surface area contributed by atoms with E-state index in [1.165, 1.54) is 0 Å². The van der Waals surface area contributed by atoms with Crippen molar-refractivity contribution in [2.75, 3.05) is 12.4 Å². The first-order chi connectivity index (χ1) is 16.5. The second-order valence-electron chi connectivity index (χ2n) is 8.59. The first-order valence-corrected chi connectivity index (χ1v) is 11.3. The Bertz CT molecular complexity index is 1340. The number of carbonyl (C=O) groups is 2. The molecule has 0 bridgehead atoms. The topological polar surface area (TPSA) is 104 Å². The molecule has 2 atom stereocenters. The van der Waals surface area contributed by atoms with Crippen molar-refractivity contribution in [1.82, 2.24) is 9.97 Å². The van der Waals surface area contributed by atoms with Gasteiger partial charge in [-0.25, -0.2) is 4.98 Å². The van der Waals surface area contributed by atoms with Gasteiger partial charge in [0.2, 0.25) is 5.95 Å². The minimum absolute atomic E-state index is 0.0700. The molecule has 1 aliphatic rings. The molecule has 0 spiro atoms. The van der Waals surface area contributed by atoms with Crippen LogP contribution in [0.25, 0.3) is 22.2 Å². The van der Waals surface area contributed by atoms with Gasteiger partial charge in [-0.15, -0.1) is 0 Å². The van der Waals surface area contributed by atoms with Gasteiger partial charge in [-0.2, -0.15) is 0 Å². The number of nitrogens with one attached hydrogen (secondary N) is 2. The molecular weight excluding hydrogens is 430 g/mol. The van der Waals surface area contributed by atoms with E-state index in [4.69, 9.17) is 4.74 Å². The third-order valence-corrected chi connectivity index (χ3v) is 6.51. The number of carbonyl (C=O) groups excluding carboxylic acids is 1. The lowest BCUT2D eigenvalue weighted by atomic mass is 9.88. The normalized spacial score (nSPS) is 17.6. The van der Waals surface area contributed by atoms with Crippen LogP contribution in [0, 0.1) is 11.8 Å². The summed E-state index contributed by atoms with van der Waals surface area (Å²) in [7, 11) is 1.63. The fourth-order valence-electron chi connectivity index (χ4n) is 4.67. The predicted octanol–water partition coefficient (Wildman–Crippen LogP) is 5.67. The summed E-state index contributed by atoms with van der Waals surface area (Å²) in [5.41, 5.74) is 5.20. The van der Waals surface area contributed by atoms with Crippen molar-refractivity contribution in [3.8, 4) is 16.9 Å². The molecule has 172 valence electrons. The number of aromatic amines is 1. The number of nitrogens with zero attached hydrogens (tertiary/aromatic N) is 1. The fourth-order valence-corrected chi connectivity index (χ4v) is 4.67. The number of benzene rings is 3. The summed E-state index contributed by atoms with van der Waals surface area (Å²) in [6.07, 6.45) is 2.01. The maximum absolute atomic E-state index is 12.8. The molecule has 5 rings (SSSR count). The Morgan fingerprint density at radius 2 is 1.65 bits per heavy atom. The number of aromatic nitrogens is 2. The van der Waals surface area contributed by atoms with E-state index in [1.807, 2.05) is 54.6 Å². The predicted molar refractivity (Wildman–Crippen MR) is 131 cm³/mol. The molecule has 0 amide bonds. The number of ketones is 1.